The summed E-state index contributed by atoms with van der Waals surface area (Å²) in [5.74, 6) is -0.389. The molecule has 110 valence electrons. The molecule has 1 amide bonds. The van der Waals surface area contributed by atoms with Gasteiger partial charge in [0.15, 0.2) is 0 Å². The van der Waals surface area contributed by atoms with E-state index in [1.165, 1.54) is 18.0 Å². The van der Waals surface area contributed by atoms with Gasteiger partial charge in [-0.2, -0.15) is 5.26 Å². The SMILES string of the molecule is CN(CCC#N)C(=O)CN1C=Nc2ccccc2S1(=O)=O. The number of fused-ring (bicyclic) bond motifs is 1. The van der Waals surface area contributed by atoms with E-state index in [1.807, 2.05) is 6.07 Å². The molecule has 0 saturated heterocycles. The van der Waals surface area contributed by atoms with Crippen LogP contribution in [0.4, 0.5) is 5.69 Å². The van der Waals surface area contributed by atoms with Crippen LogP contribution in [0.3, 0.4) is 0 Å². The molecule has 0 atom stereocenters. The second kappa shape index (κ2) is 5.93. The minimum Gasteiger partial charge on any atom is -0.343 e. The van der Waals surface area contributed by atoms with Crippen molar-refractivity contribution in [1.29, 1.82) is 5.26 Å². The van der Waals surface area contributed by atoms with Crippen molar-refractivity contribution >= 4 is 28.0 Å². The Kier molecular flexibility index (Phi) is 4.23. The maximum atomic E-state index is 12.4. The van der Waals surface area contributed by atoms with Gasteiger partial charge in [0.05, 0.1) is 18.2 Å². The second-order valence-corrected chi connectivity index (χ2v) is 6.34. The van der Waals surface area contributed by atoms with Crippen molar-refractivity contribution in [3.05, 3.63) is 24.3 Å². The van der Waals surface area contributed by atoms with Crippen molar-refractivity contribution in [2.24, 2.45) is 4.99 Å². The van der Waals surface area contributed by atoms with Gasteiger partial charge in [0.25, 0.3) is 10.0 Å². The molecule has 21 heavy (non-hydrogen) atoms. The molecule has 2 rings (SSSR count). The molecule has 1 aromatic rings. The molecule has 0 unspecified atom stereocenters. The van der Waals surface area contributed by atoms with E-state index in [4.69, 9.17) is 5.26 Å². The van der Waals surface area contributed by atoms with Crippen LogP contribution in [0, 0.1) is 11.3 Å². The van der Waals surface area contributed by atoms with Crippen LogP contribution in [-0.2, 0) is 14.8 Å². The highest BCUT2D eigenvalue weighted by atomic mass is 32.2. The first kappa shape index (κ1) is 15.0. The van der Waals surface area contributed by atoms with E-state index >= 15 is 0 Å². The maximum absolute atomic E-state index is 12.4. The number of hydrogen-bond donors (Lipinski definition) is 0. The number of aliphatic imine (C=N–C) groups is 1. The molecule has 1 aliphatic rings. The van der Waals surface area contributed by atoms with Crippen LogP contribution in [-0.4, -0.2) is 50.0 Å². The van der Waals surface area contributed by atoms with Gasteiger partial charge in [0, 0.05) is 13.6 Å². The molecule has 0 saturated carbocycles. The number of carbonyl (C=O) groups excluding carboxylic acids is 1. The van der Waals surface area contributed by atoms with E-state index in [0.717, 1.165) is 10.6 Å². The standard InChI is InChI=1S/C13H14N4O3S/c1-16(8-4-7-14)13(18)9-17-10-15-11-5-2-3-6-12(11)21(17,19)20/h2-3,5-6,10H,4,8-9H2,1H3. The molecule has 0 aromatic heterocycles. The smallest absolute Gasteiger partial charge is 0.267 e. The summed E-state index contributed by atoms with van der Waals surface area (Å²) in [5, 5.41) is 8.50. The molecule has 0 spiro atoms. The highest BCUT2D eigenvalue weighted by Crippen LogP contribution is 2.29. The number of likely N-dealkylation sites (N-methyl/N-ethyl adjacent to an activating group) is 1. The third kappa shape index (κ3) is 3.03. The van der Waals surface area contributed by atoms with Gasteiger partial charge in [-0.25, -0.2) is 17.7 Å². The Balaban J connectivity index is 2.17. The number of sulfonamides is 1. The topological polar surface area (TPSA) is 93.8 Å². The molecule has 1 heterocycles. The van der Waals surface area contributed by atoms with Crippen LogP contribution in [0.1, 0.15) is 6.42 Å². The highest BCUT2D eigenvalue weighted by molar-refractivity contribution is 7.89. The number of rotatable bonds is 4. The first-order chi connectivity index (χ1) is 9.96. The Morgan fingerprint density at radius 2 is 2.14 bits per heavy atom. The number of benzene rings is 1. The lowest BCUT2D eigenvalue weighted by Crippen LogP contribution is -2.41. The summed E-state index contributed by atoms with van der Waals surface area (Å²) in [4.78, 5) is 17.4. The summed E-state index contributed by atoms with van der Waals surface area (Å²) in [6.45, 7) is -0.0704. The van der Waals surface area contributed by atoms with Crippen molar-refractivity contribution < 1.29 is 13.2 Å². The summed E-state index contributed by atoms with van der Waals surface area (Å²) in [6.07, 6.45) is 1.35. The van der Waals surface area contributed by atoms with Crippen molar-refractivity contribution in [3.8, 4) is 6.07 Å². The molecular formula is C13H14N4O3S. The van der Waals surface area contributed by atoms with Crippen molar-refractivity contribution in [2.75, 3.05) is 20.1 Å². The second-order valence-electron chi connectivity index (χ2n) is 4.49. The van der Waals surface area contributed by atoms with E-state index in [9.17, 15) is 13.2 Å². The van der Waals surface area contributed by atoms with E-state index < -0.39 is 10.0 Å². The summed E-state index contributed by atoms with van der Waals surface area (Å²) in [6, 6.07) is 8.29. The Labute approximate surface area is 123 Å². The highest BCUT2D eigenvalue weighted by Gasteiger charge is 2.30. The van der Waals surface area contributed by atoms with E-state index in [0.29, 0.717) is 5.69 Å². The predicted molar refractivity (Wildman–Crippen MR) is 76.4 cm³/mol. The van der Waals surface area contributed by atoms with E-state index in [1.54, 1.807) is 18.2 Å². The Morgan fingerprint density at radius 1 is 1.43 bits per heavy atom. The normalized spacial score (nSPS) is 15.1. The lowest BCUT2D eigenvalue weighted by Gasteiger charge is -2.25. The molecule has 0 radical (unpaired) electrons. The zero-order valence-corrected chi connectivity index (χ0v) is 12.2. The van der Waals surface area contributed by atoms with Gasteiger partial charge in [-0.15, -0.1) is 0 Å². The van der Waals surface area contributed by atoms with Crippen LogP contribution < -0.4 is 0 Å². The van der Waals surface area contributed by atoms with Crippen LogP contribution in [0.2, 0.25) is 0 Å². The number of para-hydroxylation sites is 1. The van der Waals surface area contributed by atoms with Gasteiger partial charge in [0.2, 0.25) is 5.91 Å². The van der Waals surface area contributed by atoms with Crippen molar-refractivity contribution in [2.45, 2.75) is 11.3 Å². The van der Waals surface area contributed by atoms with Crippen molar-refractivity contribution in [1.82, 2.24) is 9.21 Å². The fourth-order valence-corrected chi connectivity index (χ4v) is 3.16. The maximum Gasteiger partial charge on any atom is 0.267 e. The molecule has 8 heteroatoms. The third-order valence-corrected chi connectivity index (χ3v) is 4.80. The minimum absolute atomic E-state index is 0.0833. The van der Waals surface area contributed by atoms with E-state index in [-0.39, 0.29) is 30.3 Å². The Morgan fingerprint density at radius 3 is 2.86 bits per heavy atom. The first-order valence-corrected chi connectivity index (χ1v) is 7.67. The van der Waals surface area contributed by atoms with Crippen LogP contribution in [0.15, 0.2) is 34.2 Å². The Hall–Kier alpha value is -2.40. The van der Waals surface area contributed by atoms with Crippen LogP contribution in [0.25, 0.3) is 0 Å². The fourth-order valence-electron chi connectivity index (χ4n) is 1.82. The molecule has 0 N–H and O–H groups in total. The molecule has 1 aromatic carbocycles. The minimum atomic E-state index is -3.76. The Bertz CT molecular complexity index is 721. The zero-order valence-electron chi connectivity index (χ0n) is 11.4. The summed E-state index contributed by atoms with van der Waals surface area (Å²) in [7, 11) is -2.23. The number of carbonyl (C=O) groups is 1. The van der Waals surface area contributed by atoms with Gasteiger partial charge in [-0.1, -0.05) is 12.1 Å². The largest absolute Gasteiger partial charge is 0.343 e. The number of nitriles is 1. The van der Waals surface area contributed by atoms with E-state index in [2.05, 4.69) is 4.99 Å². The monoisotopic (exact) mass is 306 g/mol. The lowest BCUT2D eigenvalue weighted by atomic mass is 10.3. The van der Waals surface area contributed by atoms with Crippen LogP contribution in [0.5, 0.6) is 0 Å². The molecule has 7 nitrogen and oxygen atoms in total. The summed E-state index contributed by atoms with van der Waals surface area (Å²) >= 11 is 0. The summed E-state index contributed by atoms with van der Waals surface area (Å²) < 4.78 is 25.7. The quantitative estimate of drug-likeness (QED) is 0.819. The number of hydrogen-bond acceptors (Lipinski definition) is 5. The molecule has 0 bridgehead atoms. The zero-order chi connectivity index (χ0) is 15.5. The van der Waals surface area contributed by atoms with Crippen molar-refractivity contribution in [3.63, 3.8) is 0 Å². The lowest BCUT2D eigenvalue weighted by molar-refractivity contribution is -0.129. The molecule has 0 fully saturated rings. The van der Waals surface area contributed by atoms with Gasteiger partial charge in [-0.3, -0.25) is 4.79 Å². The molecule has 1 aliphatic heterocycles. The van der Waals surface area contributed by atoms with Gasteiger partial charge in [-0.05, 0) is 12.1 Å². The fraction of sp³-hybridized carbons (Fsp3) is 0.308. The van der Waals surface area contributed by atoms with Gasteiger partial charge >= 0.3 is 0 Å². The van der Waals surface area contributed by atoms with Gasteiger partial charge in [0.1, 0.15) is 17.8 Å². The van der Waals surface area contributed by atoms with Crippen LogP contribution >= 0.6 is 0 Å². The predicted octanol–water partition coefficient (Wildman–Crippen LogP) is 0.723. The third-order valence-electron chi connectivity index (χ3n) is 3.05. The number of amides is 1. The average molecular weight is 306 g/mol. The molecular weight excluding hydrogens is 292 g/mol. The average Bonchev–Trinajstić information content (AvgIpc) is 2.47. The molecule has 0 aliphatic carbocycles. The number of nitrogens with zero attached hydrogens (tertiary/aromatic N) is 4. The van der Waals surface area contributed by atoms with Gasteiger partial charge < -0.3 is 4.90 Å². The summed E-state index contributed by atoms with van der Waals surface area (Å²) in [5.41, 5.74) is 0.360. The first-order valence-electron chi connectivity index (χ1n) is 6.23.